The van der Waals surface area contributed by atoms with Gasteiger partial charge in [0.25, 0.3) is 0 Å². The quantitative estimate of drug-likeness (QED) is 0.640. The minimum Gasteiger partial charge on any atom is -0.389 e. The van der Waals surface area contributed by atoms with Crippen LogP contribution in [-0.4, -0.2) is 61.1 Å². The largest absolute Gasteiger partial charge is 0.389 e. The summed E-state index contributed by atoms with van der Waals surface area (Å²) in [6.45, 7) is 5.67. The summed E-state index contributed by atoms with van der Waals surface area (Å²) in [6, 6.07) is 5.86. The molecule has 0 aliphatic rings. The summed E-state index contributed by atoms with van der Waals surface area (Å²) in [5, 5.41) is 9.90. The summed E-state index contributed by atoms with van der Waals surface area (Å²) in [7, 11) is 1.63. The molecule has 0 aliphatic heterocycles. The standard InChI is InChI=1S/C14H24N2O3/c1-3-16(10-13-6-4-5-7-15-13)11-14(17)12-19-9-8-18-2/h4-7,14,17H,3,8-12H2,1-2H3. The van der Waals surface area contributed by atoms with E-state index in [1.54, 1.807) is 13.3 Å². The first kappa shape index (κ1) is 16.0. The molecule has 0 spiro atoms. The number of nitrogens with zero attached hydrogens (tertiary/aromatic N) is 2. The van der Waals surface area contributed by atoms with Crippen LogP contribution in [0.25, 0.3) is 0 Å². The Kier molecular flexibility index (Phi) is 8.33. The molecule has 1 N–H and O–H groups in total. The van der Waals surface area contributed by atoms with E-state index in [0.717, 1.165) is 18.8 Å². The van der Waals surface area contributed by atoms with Gasteiger partial charge >= 0.3 is 0 Å². The van der Waals surface area contributed by atoms with E-state index in [1.165, 1.54) is 0 Å². The highest BCUT2D eigenvalue weighted by Crippen LogP contribution is 2.02. The maximum absolute atomic E-state index is 9.90. The second kappa shape index (κ2) is 9.86. The molecule has 1 atom stereocenters. The lowest BCUT2D eigenvalue weighted by molar-refractivity contribution is -0.00104. The second-order valence-electron chi connectivity index (χ2n) is 4.37. The molecule has 0 amide bonds. The van der Waals surface area contributed by atoms with Crippen molar-refractivity contribution in [1.29, 1.82) is 0 Å². The van der Waals surface area contributed by atoms with Crippen LogP contribution < -0.4 is 0 Å². The highest BCUT2D eigenvalue weighted by molar-refractivity contribution is 5.03. The summed E-state index contributed by atoms with van der Waals surface area (Å²) in [5.74, 6) is 0. The highest BCUT2D eigenvalue weighted by Gasteiger charge is 2.11. The Labute approximate surface area is 115 Å². The second-order valence-corrected chi connectivity index (χ2v) is 4.37. The summed E-state index contributed by atoms with van der Waals surface area (Å²) >= 11 is 0. The Morgan fingerprint density at radius 3 is 2.84 bits per heavy atom. The summed E-state index contributed by atoms with van der Waals surface area (Å²) in [4.78, 5) is 6.43. The maximum Gasteiger partial charge on any atom is 0.0900 e. The molecule has 0 fully saturated rings. The van der Waals surface area contributed by atoms with Crippen molar-refractivity contribution < 1.29 is 14.6 Å². The molecular formula is C14H24N2O3. The van der Waals surface area contributed by atoms with Gasteiger partial charge in [-0.15, -0.1) is 0 Å². The first-order valence-electron chi connectivity index (χ1n) is 6.63. The van der Waals surface area contributed by atoms with E-state index in [9.17, 15) is 5.11 Å². The Bertz CT molecular complexity index is 322. The molecule has 108 valence electrons. The van der Waals surface area contributed by atoms with Gasteiger partial charge in [-0.25, -0.2) is 0 Å². The van der Waals surface area contributed by atoms with Gasteiger partial charge in [-0.3, -0.25) is 9.88 Å². The average molecular weight is 268 g/mol. The van der Waals surface area contributed by atoms with Gasteiger partial charge in [0.2, 0.25) is 0 Å². The molecule has 1 rings (SSSR count). The van der Waals surface area contributed by atoms with E-state index in [1.807, 2.05) is 18.2 Å². The van der Waals surface area contributed by atoms with Crippen LogP contribution in [0.1, 0.15) is 12.6 Å². The molecular weight excluding hydrogens is 244 g/mol. The summed E-state index contributed by atoms with van der Waals surface area (Å²) < 4.78 is 10.2. The van der Waals surface area contributed by atoms with Crippen molar-refractivity contribution in [2.75, 3.05) is 40.0 Å². The molecule has 0 saturated carbocycles. The molecule has 0 bridgehead atoms. The molecule has 5 heteroatoms. The van der Waals surface area contributed by atoms with Crippen LogP contribution in [-0.2, 0) is 16.0 Å². The number of aliphatic hydroxyl groups is 1. The fourth-order valence-electron chi connectivity index (χ4n) is 1.74. The van der Waals surface area contributed by atoms with Crippen molar-refractivity contribution in [2.45, 2.75) is 19.6 Å². The van der Waals surface area contributed by atoms with Crippen LogP contribution >= 0.6 is 0 Å². The predicted octanol–water partition coefficient (Wildman–Crippen LogP) is 0.927. The number of hydrogen-bond donors (Lipinski definition) is 1. The Morgan fingerprint density at radius 2 is 2.21 bits per heavy atom. The van der Waals surface area contributed by atoms with E-state index >= 15 is 0 Å². The fourth-order valence-corrected chi connectivity index (χ4v) is 1.74. The zero-order chi connectivity index (χ0) is 13.9. The molecule has 1 aromatic rings. The van der Waals surface area contributed by atoms with Crippen molar-refractivity contribution in [2.24, 2.45) is 0 Å². The fraction of sp³-hybridized carbons (Fsp3) is 0.643. The lowest BCUT2D eigenvalue weighted by Crippen LogP contribution is -2.34. The number of methoxy groups -OCH3 is 1. The van der Waals surface area contributed by atoms with Gasteiger partial charge in [0.05, 0.1) is 31.6 Å². The molecule has 5 nitrogen and oxygen atoms in total. The first-order chi connectivity index (χ1) is 9.26. The van der Waals surface area contributed by atoms with Crippen LogP contribution in [0.15, 0.2) is 24.4 Å². The number of likely N-dealkylation sites (N-methyl/N-ethyl adjacent to an activating group) is 1. The van der Waals surface area contributed by atoms with Crippen molar-refractivity contribution in [3.8, 4) is 0 Å². The number of rotatable bonds is 10. The summed E-state index contributed by atoms with van der Waals surface area (Å²) in [5.41, 5.74) is 1.01. The summed E-state index contributed by atoms with van der Waals surface area (Å²) in [6.07, 6.45) is 1.30. The van der Waals surface area contributed by atoms with Crippen LogP contribution in [0, 0.1) is 0 Å². The Balaban J connectivity index is 2.27. The topological polar surface area (TPSA) is 54.8 Å². The van der Waals surface area contributed by atoms with Crippen molar-refractivity contribution in [3.05, 3.63) is 30.1 Å². The first-order valence-corrected chi connectivity index (χ1v) is 6.63. The minimum absolute atomic E-state index is 0.335. The van der Waals surface area contributed by atoms with Gasteiger partial charge in [-0.1, -0.05) is 13.0 Å². The van der Waals surface area contributed by atoms with Gasteiger partial charge in [-0.2, -0.15) is 0 Å². The third-order valence-corrected chi connectivity index (χ3v) is 2.77. The molecule has 0 aromatic carbocycles. The minimum atomic E-state index is -0.486. The van der Waals surface area contributed by atoms with Crippen LogP contribution in [0.3, 0.4) is 0 Å². The average Bonchev–Trinajstić information content (AvgIpc) is 2.44. The molecule has 1 unspecified atom stereocenters. The molecule has 0 saturated heterocycles. The molecule has 0 radical (unpaired) electrons. The Hall–Kier alpha value is -1.01. The van der Waals surface area contributed by atoms with Gasteiger partial charge in [0.1, 0.15) is 0 Å². The zero-order valence-corrected chi connectivity index (χ0v) is 11.8. The smallest absolute Gasteiger partial charge is 0.0900 e. The molecule has 1 heterocycles. The lowest BCUT2D eigenvalue weighted by atomic mass is 10.3. The number of aromatic nitrogens is 1. The maximum atomic E-state index is 9.90. The predicted molar refractivity (Wildman–Crippen MR) is 73.9 cm³/mol. The third-order valence-electron chi connectivity index (χ3n) is 2.77. The lowest BCUT2D eigenvalue weighted by Gasteiger charge is -2.23. The number of hydrogen-bond acceptors (Lipinski definition) is 5. The van der Waals surface area contributed by atoms with E-state index in [-0.39, 0.29) is 0 Å². The normalized spacial score (nSPS) is 12.8. The highest BCUT2D eigenvalue weighted by atomic mass is 16.5. The van der Waals surface area contributed by atoms with E-state index in [0.29, 0.717) is 26.4 Å². The number of aliphatic hydroxyl groups excluding tert-OH is 1. The van der Waals surface area contributed by atoms with Crippen molar-refractivity contribution in [3.63, 3.8) is 0 Å². The third kappa shape index (κ3) is 7.22. The van der Waals surface area contributed by atoms with Crippen LogP contribution in [0.4, 0.5) is 0 Å². The van der Waals surface area contributed by atoms with Gasteiger partial charge in [0, 0.05) is 26.4 Å². The van der Waals surface area contributed by atoms with Crippen LogP contribution in [0.5, 0.6) is 0 Å². The SMILES string of the molecule is CCN(Cc1ccccn1)CC(O)COCCOC. The van der Waals surface area contributed by atoms with Gasteiger partial charge in [-0.05, 0) is 18.7 Å². The van der Waals surface area contributed by atoms with E-state index < -0.39 is 6.10 Å². The molecule has 1 aromatic heterocycles. The van der Waals surface area contributed by atoms with Crippen molar-refractivity contribution >= 4 is 0 Å². The molecule has 19 heavy (non-hydrogen) atoms. The number of ether oxygens (including phenoxy) is 2. The van der Waals surface area contributed by atoms with Crippen LogP contribution in [0.2, 0.25) is 0 Å². The number of pyridine rings is 1. The Morgan fingerprint density at radius 1 is 1.37 bits per heavy atom. The van der Waals surface area contributed by atoms with Crippen molar-refractivity contribution in [1.82, 2.24) is 9.88 Å². The zero-order valence-electron chi connectivity index (χ0n) is 11.8. The van der Waals surface area contributed by atoms with E-state index in [2.05, 4.69) is 16.8 Å². The van der Waals surface area contributed by atoms with E-state index in [4.69, 9.17) is 9.47 Å². The monoisotopic (exact) mass is 268 g/mol. The molecule has 0 aliphatic carbocycles. The van der Waals surface area contributed by atoms with Gasteiger partial charge < -0.3 is 14.6 Å². The van der Waals surface area contributed by atoms with Gasteiger partial charge in [0.15, 0.2) is 0 Å².